The van der Waals surface area contributed by atoms with Gasteiger partial charge in [-0.05, 0) is 26.7 Å². The normalized spacial score (nSPS) is 25.5. The van der Waals surface area contributed by atoms with Crippen LogP contribution in [0, 0.1) is 5.92 Å². The summed E-state index contributed by atoms with van der Waals surface area (Å²) in [5.41, 5.74) is 0. The monoisotopic (exact) mass is 272 g/mol. The molecule has 0 aromatic heterocycles. The Morgan fingerprint density at radius 1 is 1.37 bits per heavy atom. The van der Waals surface area contributed by atoms with E-state index in [-0.39, 0.29) is 24.2 Å². The molecule has 1 aliphatic heterocycles. The molecule has 1 aliphatic rings. The molecule has 2 amide bonds. The Hall–Kier alpha value is -0.810. The molecule has 0 saturated carbocycles. The Morgan fingerprint density at radius 2 is 2.05 bits per heavy atom. The van der Waals surface area contributed by atoms with Crippen molar-refractivity contribution >= 4 is 6.03 Å². The molecule has 0 aliphatic carbocycles. The molecule has 0 aromatic rings. The number of amides is 2. The van der Waals surface area contributed by atoms with E-state index in [1.54, 1.807) is 0 Å². The molecule has 3 unspecified atom stereocenters. The third-order valence-electron chi connectivity index (χ3n) is 3.33. The Labute approximate surface area is 116 Å². The van der Waals surface area contributed by atoms with Gasteiger partial charge in [-0.15, -0.1) is 0 Å². The van der Waals surface area contributed by atoms with Gasteiger partial charge in [-0.1, -0.05) is 13.8 Å². The molecule has 1 saturated heterocycles. The van der Waals surface area contributed by atoms with Gasteiger partial charge in [0, 0.05) is 13.2 Å². The Kier molecular flexibility index (Phi) is 6.58. The molecule has 1 heterocycles. The van der Waals surface area contributed by atoms with Crippen LogP contribution in [0.1, 0.15) is 34.6 Å². The van der Waals surface area contributed by atoms with Crippen LogP contribution in [0.5, 0.6) is 0 Å². The molecule has 1 rings (SSSR count). The van der Waals surface area contributed by atoms with Gasteiger partial charge in [0.05, 0.1) is 31.4 Å². The maximum absolute atomic E-state index is 12.2. The zero-order valence-corrected chi connectivity index (χ0v) is 12.8. The van der Waals surface area contributed by atoms with E-state index in [4.69, 9.17) is 9.47 Å². The molecule has 3 atom stereocenters. The standard InChI is InChI=1S/C14H28N2O3/c1-10(2)8-18-9-11(3)15-14(17)16-6-7-19-13(5)12(16)4/h10-13H,6-9H2,1-5H3,(H,15,17). The lowest BCUT2D eigenvalue weighted by molar-refractivity contribution is -0.0383. The third kappa shape index (κ3) is 5.37. The van der Waals surface area contributed by atoms with Gasteiger partial charge in [0.15, 0.2) is 0 Å². The average molecular weight is 272 g/mol. The first-order valence-electron chi connectivity index (χ1n) is 7.18. The van der Waals surface area contributed by atoms with Crippen LogP contribution in [0.15, 0.2) is 0 Å². The first kappa shape index (κ1) is 16.2. The number of rotatable bonds is 5. The quantitative estimate of drug-likeness (QED) is 0.831. The molecule has 0 radical (unpaired) electrons. The van der Waals surface area contributed by atoms with Crippen molar-refractivity contribution in [3.8, 4) is 0 Å². The number of hydrogen-bond donors (Lipinski definition) is 1. The van der Waals surface area contributed by atoms with E-state index >= 15 is 0 Å². The van der Waals surface area contributed by atoms with Gasteiger partial charge < -0.3 is 19.7 Å². The maximum atomic E-state index is 12.2. The molecular weight excluding hydrogens is 244 g/mol. The predicted octanol–water partition coefficient (Wildman–Crippen LogP) is 1.87. The van der Waals surface area contributed by atoms with Gasteiger partial charge in [0.1, 0.15) is 0 Å². The van der Waals surface area contributed by atoms with E-state index in [1.165, 1.54) is 0 Å². The number of carbonyl (C=O) groups excluding carboxylic acids is 1. The minimum Gasteiger partial charge on any atom is -0.379 e. The van der Waals surface area contributed by atoms with E-state index < -0.39 is 0 Å². The van der Waals surface area contributed by atoms with Crippen molar-refractivity contribution in [2.24, 2.45) is 5.92 Å². The summed E-state index contributed by atoms with van der Waals surface area (Å²) in [6.45, 7) is 12.7. The number of ether oxygens (including phenoxy) is 2. The Bertz CT molecular complexity index is 284. The van der Waals surface area contributed by atoms with E-state index in [9.17, 15) is 4.79 Å². The second-order valence-corrected chi connectivity index (χ2v) is 5.79. The molecule has 112 valence electrons. The molecule has 0 spiro atoms. The van der Waals surface area contributed by atoms with Crippen LogP contribution >= 0.6 is 0 Å². The average Bonchev–Trinajstić information content (AvgIpc) is 2.31. The fourth-order valence-corrected chi connectivity index (χ4v) is 2.04. The number of nitrogens with one attached hydrogen (secondary N) is 1. The van der Waals surface area contributed by atoms with Gasteiger partial charge in [-0.3, -0.25) is 0 Å². The molecule has 0 bridgehead atoms. The van der Waals surface area contributed by atoms with Crippen LogP contribution < -0.4 is 5.32 Å². The maximum Gasteiger partial charge on any atom is 0.318 e. The van der Waals surface area contributed by atoms with Crippen molar-refractivity contribution in [1.29, 1.82) is 0 Å². The molecular formula is C14H28N2O3. The molecule has 0 aromatic carbocycles. The summed E-state index contributed by atoms with van der Waals surface area (Å²) in [6, 6.07) is 0.109. The van der Waals surface area contributed by atoms with Crippen LogP contribution in [0.3, 0.4) is 0 Å². The summed E-state index contributed by atoms with van der Waals surface area (Å²) in [7, 11) is 0. The van der Waals surface area contributed by atoms with E-state index in [0.29, 0.717) is 25.7 Å². The van der Waals surface area contributed by atoms with Crippen molar-refractivity contribution in [2.75, 3.05) is 26.4 Å². The molecule has 1 fully saturated rings. The van der Waals surface area contributed by atoms with Crippen LogP contribution in [0.2, 0.25) is 0 Å². The molecule has 5 nitrogen and oxygen atoms in total. The largest absolute Gasteiger partial charge is 0.379 e. The van der Waals surface area contributed by atoms with Crippen molar-refractivity contribution < 1.29 is 14.3 Å². The Balaban J connectivity index is 2.32. The second kappa shape index (κ2) is 7.70. The zero-order valence-electron chi connectivity index (χ0n) is 12.8. The lowest BCUT2D eigenvalue weighted by Gasteiger charge is -2.38. The summed E-state index contributed by atoms with van der Waals surface area (Å²) >= 11 is 0. The second-order valence-electron chi connectivity index (χ2n) is 5.79. The summed E-state index contributed by atoms with van der Waals surface area (Å²) in [5.74, 6) is 0.517. The summed E-state index contributed by atoms with van der Waals surface area (Å²) in [6.07, 6.45) is 0.0898. The van der Waals surface area contributed by atoms with Crippen molar-refractivity contribution in [2.45, 2.75) is 52.8 Å². The Morgan fingerprint density at radius 3 is 2.68 bits per heavy atom. The highest BCUT2D eigenvalue weighted by atomic mass is 16.5. The van der Waals surface area contributed by atoms with Crippen molar-refractivity contribution in [3.63, 3.8) is 0 Å². The lowest BCUT2D eigenvalue weighted by atomic mass is 10.1. The van der Waals surface area contributed by atoms with Gasteiger partial charge in [-0.25, -0.2) is 4.79 Å². The summed E-state index contributed by atoms with van der Waals surface area (Å²) in [4.78, 5) is 14.0. The lowest BCUT2D eigenvalue weighted by Crippen LogP contribution is -2.56. The predicted molar refractivity (Wildman–Crippen MR) is 75.2 cm³/mol. The smallest absolute Gasteiger partial charge is 0.318 e. The molecule has 19 heavy (non-hydrogen) atoms. The number of morpholine rings is 1. The third-order valence-corrected chi connectivity index (χ3v) is 3.33. The molecule has 1 N–H and O–H groups in total. The minimum absolute atomic E-state index is 0.0246. The number of nitrogens with zero attached hydrogens (tertiary/aromatic N) is 1. The SMILES string of the molecule is CC(C)COCC(C)NC(=O)N1CCOC(C)C1C. The number of hydrogen-bond acceptors (Lipinski definition) is 3. The van der Waals surface area contributed by atoms with Gasteiger partial charge in [0.25, 0.3) is 0 Å². The van der Waals surface area contributed by atoms with E-state index in [0.717, 1.165) is 6.61 Å². The topological polar surface area (TPSA) is 50.8 Å². The zero-order chi connectivity index (χ0) is 14.4. The van der Waals surface area contributed by atoms with E-state index in [2.05, 4.69) is 19.2 Å². The highest BCUT2D eigenvalue weighted by molar-refractivity contribution is 5.75. The summed E-state index contributed by atoms with van der Waals surface area (Å²) < 4.78 is 11.1. The highest BCUT2D eigenvalue weighted by Crippen LogP contribution is 2.13. The van der Waals surface area contributed by atoms with Crippen LogP contribution in [-0.2, 0) is 9.47 Å². The number of carbonyl (C=O) groups is 1. The first-order chi connectivity index (χ1) is 8.91. The first-order valence-corrected chi connectivity index (χ1v) is 7.18. The minimum atomic E-state index is -0.0247. The number of urea groups is 1. The summed E-state index contributed by atoms with van der Waals surface area (Å²) in [5, 5.41) is 2.98. The van der Waals surface area contributed by atoms with Crippen LogP contribution in [-0.4, -0.2) is 55.5 Å². The van der Waals surface area contributed by atoms with Crippen molar-refractivity contribution in [1.82, 2.24) is 10.2 Å². The van der Waals surface area contributed by atoms with Gasteiger partial charge in [-0.2, -0.15) is 0 Å². The van der Waals surface area contributed by atoms with E-state index in [1.807, 2.05) is 25.7 Å². The van der Waals surface area contributed by atoms with Crippen molar-refractivity contribution in [3.05, 3.63) is 0 Å². The highest BCUT2D eigenvalue weighted by Gasteiger charge is 2.29. The fraction of sp³-hybridized carbons (Fsp3) is 0.929. The molecule has 5 heteroatoms. The van der Waals surface area contributed by atoms with Crippen LogP contribution in [0.4, 0.5) is 4.79 Å². The van der Waals surface area contributed by atoms with Crippen LogP contribution in [0.25, 0.3) is 0 Å². The van der Waals surface area contributed by atoms with Gasteiger partial charge >= 0.3 is 6.03 Å². The fourth-order valence-electron chi connectivity index (χ4n) is 2.04. The van der Waals surface area contributed by atoms with Gasteiger partial charge in [0.2, 0.25) is 0 Å².